The fourth-order valence-corrected chi connectivity index (χ4v) is 4.33. The lowest BCUT2D eigenvalue weighted by Crippen LogP contribution is -2.60. The Hall–Kier alpha value is -3.02. The van der Waals surface area contributed by atoms with Crippen LogP contribution in [0.4, 0.5) is 4.39 Å². The van der Waals surface area contributed by atoms with E-state index in [1.807, 2.05) is 38.1 Å². The van der Waals surface area contributed by atoms with Crippen molar-refractivity contribution in [3.05, 3.63) is 71.2 Å². The van der Waals surface area contributed by atoms with Crippen LogP contribution in [0.25, 0.3) is 5.69 Å². The van der Waals surface area contributed by atoms with Crippen LogP contribution in [-0.4, -0.2) is 74.6 Å². The summed E-state index contributed by atoms with van der Waals surface area (Å²) in [6.07, 6.45) is -6.96. The predicted octanol–water partition coefficient (Wildman–Crippen LogP) is 1.91. The van der Waals surface area contributed by atoms with Crippen molar-refractivity contribution in [1.82, 2.24) is 9.78 Å². The summed E-state index contributed by atoms with van der Waals surface area (Å²) in [4.78, 5) is 0. The summed E-state index contributed by atoms with van der Waals surface area (Å²) >= 11 is 0. The van der Waals surface area contributed by atoms with Gasteiger partial charge in [0, 0.05) is 12.0 Å². The third kappa shape index (κ3) is 5.09. The van der Waals surface area contributed by atoms with Crippen LogP contribution in [0.1, 0.15) is 36.6 Å². The molecule has 1 aliphatic rings. The normalized spacial score (nSPS) is 24.2. The van der Waals surface area contributed by atoms with Crippen LogP contribution in [0, 0.1) is 5.82 Å². The Labute approximate surface area is 208 Å². The Morgan fingerprint density at radius 2 is 1.72 bits per heavy atom. The van der Waals surface area contributed by atoms with Crippen LogP contribution in [0.2, 0.25) is 0 Å². The van der Waals surface area contributed by atoms with Gasteiger partial charge in [-0.1, -0.05) is 38.1 Å². The van der Waals surface area contributed by atoms with Crippen molar-refractivity contribution in [3.8, 4) is 17.3 Å². The number of hydrogen-bond donors (Lipinski definition) is 4. The molecule has 0 radical (unpaired) electrons. The summed E-state index contributed by atoms with van der Waals surface area (Å²) in [5, 5.41) is 44.9. The maximum Gasteiger partial charge on any atom is 0.239 e. The largest absolute Gasteiger partial charge is 0.497 e. The first-order chi connectivity index (χ1) is 17.2. The summed E-state index contributed by atoms with van der Waals surface area (Å²) in [6.45, 7) is 3.30. The molecule has 4 N–H and O–H groups in total. The molecule has 0 amide bonds. The van der Waals surface area contributed by atoms with E-state index in [0.717, 1.165) is 5.56 Å². The standard InChI is InChI=1S/C26H31FN2O7/c1-14(2)21-17(12-15-8-10-16(34-3)11-9-15)25(28-29(21)19-7-5-4-6-18(19)27)36-26-24(33)23(32)22(31)20(13-30)35-26/h4-11,14,20,22-24,26,30-33H,12-13H2,1-3H3/t20-,22-,23+,24-,26+/m1/s1. The Bertz CT molecular complexity index is 1170. The summed E-state index contributed by atoms with van der Waals surface area (Å²) in [6, 6.07) is 13.6. The average molecular weight is 503 g/mol. The summed E-state index contributed by atoms with van der Waals surface area (Å²) in [7, 11) is 1.58. The molecule has 10 heteroatoms. The van der Waals surface area contributed by atoms with E-state index in [4.69, 9.17) is 14.2 Å². The van der Waals surface area contributed by atoms with Gasteiger partial charge in [-0.3, -0.25) is 0 Å². The highest BCUT2D eigenvalue weighted by Gasteiger charge is 2.45. The maximum atomic E-state index is 14.8. The number of aliphatic hydroxyl groups excluding tert-OH is 4. The van der Waals surface area contributed by atoms with Gasteiger partial charge in [0.25, 0.3) is 0 Å². The lowest BCUT2D eigenvalue weighted by Gasteiger charge is -2.39. The molecule has 36 heavy (non-hydrogen) atoms. The van der Waals surface area contributed by atoms with Crippen LogP contribution >= 0.6 is 0 Å². The Morgan fingerprint density at radius 1 is 1.03 bits per heavy atom. The first-order valence-electron chi connectivity index (χ1n) is 11.7. The minimum Gasteiger partial charge on any atom is -0.497 e. The van der Waals surface area contributed by atoms with Gasteiger partial charge >= 0.3 is 0 Å². The van der Waals surface area contributed by atoms with E-state index in [0.29, 0.717) is 23.4 Å². The van der Waals surface area contributed by atoms with E-state index in [2.05, 4.69) is 5.10 Å². The van der Waals surface area contributed by atoms with Gasteiger partial charge in [-0.25, -0.2) is 9.07 Å². The molecule has 4 rings (SSSR count). The van der Waals surface area contributed by atoms with Gasteiger partial charge in [-0.15, -0.1) is 5.10 Å². The molecule has 0 bridgehead atoms. The highest BCUT2D eigenvalue weighted by molar-refractivity contribution is 5.45. The molecule has 0 spiro atoms. The molecular formula is C26H31FN2O7. The number of ether oxygens (including phenoxy) is 3. The quantitative estimate of drug-likeness (QED) is 0.368. The zero-order valence-corrected chi connectivity index (χ0v) is 20.3. The highest BCUT2D eigenvalue weighted by Crippen LogP contribution is 2.35. The number of aliphatic hydroxyl groups is 4. The molecule has 3 aromatic rings. The van der Waals surface area contributed by atoms with Crippen molar-refractivity contribution in [2.45, 2.75) is 56.9 Å². The van der Waals surface area contributed by atoms with Gasteiger partial charge in [-0.2, -0.15) is 0 Å². The average Bonchev–Trinajstić information content (AvgIpc) is 3.22. The third-order valence-electron chi connectivity index (χ3n) is 6.23. The van der Waals surface area contributed by atoms with Crippen LogP contribution in [-0.2, 0) is 11.2 Å². The third-order valence-corrected chi connectivity index (χ3v) is 6.23. The van der Waals surface area contributed by atoms with E-state index in [1.165, 1.54) is 10.7 Å². The molecule has 1 aliphatic heterocycles. The second kappa shape index (κ2) is 10.9. The van der Waals surface area contributed by atoms with E-state index in [9.17, 15) is 24.8 Å². The lowest BCUT2D eigenvalue weighted by molar-refractivity contribution is -0.278. The van der Waals surface area contributed by atoms with Gasteiger partial charge in [-0.05, 0) is 35.7 Å². The highest BCUT2D eigenvalue weighted by atomic mass is 19.1. The smallest absolute Gasteiger partial charge is 0.239 e. The van der Waals surface area contributed by atoms with Crippen molar-refractivity contribution in [3.63, 3.8) is 0 Å². The van der Waals surface area contributed by atoms with Gasteiger partial charge in [0.2, 0.25) is 12.2 Å². The molecule has 0 aliphatic carbocycles. The number of rotatable bonds is 8. The maximum absolute atomic E-state index is 14.8. The molecular weight excluding hydrogens is 471 g/mol. The topological polar surface area (TPSA) is 126 Å². The van der Waals surface area contributed by atoms with Crippen molar-refractivity contribution >= 4 is 0 Å². The molecule has 194 valence electrons. The Balaban J connectivity index is 1.80. The zero-order chi connectivity index (χ0) is 26.0. The first-order valence-corrected chi connectivity index (χ1v) is 11.7. The summed E-state index contributed by atoms with van der Waals surface area (Å²) < 4.78 is 33.0. The molecule has 0 unspecified atom stereocenters. The molecule has 9 nitrogen and oxygen atoms in total. The van der Waals surface area contributed by atoms with E-state index < -0.39 is 43.1 Å². The van der Waals surface area contributed by atoms with Crippen LogP contribution in [0.15, 0.2) is 48.5 Å². The van der Waals surface area contributed by atoms with Crippen LogP contribution < -0.4 is 9.47 Å². The zero-order valence-electron chi connectivity index (χ0n) is 20.3. The van der Waals surface area contributed by atoms with Crippen molar-refractivity contribution in [2.24, 2.45) is 0 Å². The van der Waals surface area contributed by atoms with Crippen LogP contribution in [0.5, 0.6) is 11.6 Å². The molecule has 0 saturated carbocycles. The number of nitrogens with zero attached hydrogens (tertiary/aromatic N) is 2. The number of methoxy groups -OCH3 is 1. The molecule has 2 aromatic carbocycles. The summed E-state index contributed by atoms with van der Waals surface area (Å²) in [5.74, 6) is 0.194. The van der Waals surface area contributed by atoms with E-state index in [-0.39, 0.29) is 17.5 Å². The van der Waals surface area contributed by atoms with Gasteiger partial charge < -0.3 is 34.6 Å². The predicted molar refractivity (Wildman–Crippen MR) is 128 cm³/mol. The van der Waals surface area contributed by atoms with Gasteiger partial charge in [0.15, 0.2) is 0 Å². The first kappa shape index (κ1) is 26.1. The van der Waals surface area contributed by atoms with Gasteiger partial charge in [0.05, 0.1) is 19.4 Å². The fourth-order valence-electron chi connectivity index (χ4n) is 4.33. The SMILES string of the molecule is COc1ccc(Cc2c(O[C@@H]3O[C@H](CO)[C@@H](O)[C@H](O)[C@H]3O)nn(-c3ccccc3F)c2C(C)C)cc1. The van der Waals surface area contributed by atoms with Crippen molar-refractivity contribution in [2.75, 3.05) is 13.7 Å². The van der Waals surface area contributed by atoms with Gasteiger partial charge in [0.1, 0.15) is 41.7 Å². The van der Waals surface area contributed by atoms with Crippen molar-refractivity contribution in [1.29, 1.82) is 0 Å². The summed E-state index contributed by atoms with van der Waals surface area (Å²) in [5.41, 5.74) is 2.45. The van der Waals surface area contributed by atoms with Crippen molar-refractivity contribution < 1.29 is 39.0 Å². The number of aromatic nitrogens is 2. The van der Waals surface area contributed by atoms with E-state index >= 15 is 0 Å². The van der Waals surface area contributed by atoms with E-state index in [1.54, 1.807) is 25.3 Å². The number of halogens is 1. The molecule has 1 fully saturated rings. The number of para-hydroxylation sites is 1. The Kier molecular flexibility index (Phi) is 7.91. The molecule has 2 heterocycles. The fraction of sp³-hybridized carbons (Fsp3) is 0.423. The molecule has 1 aromatic heterocycles. The molecule has 5 atom stereocenters. The molecule has 1 saturated heterocycles. The Morgan fingerprint density at radius 3 is 2.33 bits per heavy atom. The minimum absolute atomic E-state index is 0.0714. The second-order valence-corrected chi connectivity index (χ2v) is 9.03. The second-order valence-electron chi connectivity index (χ2n) is 9.03. The number of hydrogen-bond acceptors (Lipinski definition) is 8. The van der Waals surface area contributed by atoms with Crippen LogP contribution in [0.3, 0.4) is 0 Å². The monoisotopic (exact) mass is 502 g/mol. The minimum atomic E-state index is -1.61. The lowest BCUT2D eigenvalue weighted by atomic mass is 9.98. The number of benzene rings is 2.